The van der Waals surface area contributed by atoms with Crippen molar-refractivity contribution in [3.05, 3.63) is 0 Å². The zero-order valence-electron chi connectivity index (χ0n) is 12.1. The van der Waals surface area contributed by atoms with Crippen LogP contribution in [-0.4, -0.2) is 60.5 Å². The normalized spacial score (nSPS) is 42.4. The summed E-state index contributed by atoms with van der Waals surface area (Å²) in [6.07, 6.45) is 0. The van der Waals surface area contributed by atoms with E-state index in [1.807, 2.05) is 9.80 Å². The Hall–Kier alpha value is -1.10. The number of rotatable bonds is 2. The van der Waals surface area contributed by atoms with E-state index in [0.29, 0.717) is 24.3 Å². The Morgan fingerprint density at radius 2 is 1.90 bits per heavy atom. The van der Waals surface area contributed by atoms with Crippen LogP contribution >= 0.6 is 0 Å². The second-order valence-electron chi connectivity index (χ2n) is 7.09. The molecule has 5 atom stereocenters. The van der Waals surface area contributed by atoms with Crippen LogP contribution in [0.15, 0.2) is 0 Å². The molecule has 0 aromatic heterocycles. The molecule has 0 N–H and O–H groups in total. The van der Waals surface area contributed by atoms with Crippen LogP contribution in [0.1, 0.15) is 13.8 Å². The van der Waals surface area contributed by atoms with Crippen molar-refractivity contribution in [3.8, 4) is 0 Å². The SMILES string of the molecule is CC(C)N1C[C@@H]2CN(C(=O)C3[C@H]4COC[C@@H]34)C[C@@H]2C1=O. The number of carbonyl (C=O) groups excluding carboxylic acids is 2. The molecular weight excluding hydrogens is 256 g/mol. The van der Waals surface area contributed by atoms with Gasteiger partial charge in [-0.05, 0) is 25.7 Å². The van der Waals surface area contributed by atoms with Crippen molar-refractivity contribution in [2.75, 3.05) is 32.8 Å². The molecule has 5 heteroatoms. The highest BCUT2D eigenvalue weighted by Crippen LogP contribution is 2.52. The molecule has 0 spiro atoms. The Morgan fingerprint density at radius 3 is 2.50 bits per heavy atom. The number of likely N-dealkylation sites (tertiary alicyclic amines) is 2. The minimum absolute atomic E-state index is 0.0520. The van der Waals surface area contributed by atoms with Crippen LogP contribution in [0, 0.1) is 29.6 Å². The molecule has 3 saturated heterocycles. The summed E-state index contributed by atoms with van der Waals surface area (Å²) < 4.78 is 5.35. The smallest absolute Gasteiger partial charge is 0.228 e. The van der Waals surface area contributed by atoms with E-state index in [9.17, 15) is 9.59 Å². The van der Waals surface area contributed by atoms with Crippen molar-refractivity contribution < 1.29 is 14.3 Å². The number of amides is 2. The second-order valence-corrected chi connectivity index (χ2v) is 7.09. The van der Waals surface area contributed by atoms with Gasteiger partial charge in [-0.1, -0.05) is 0 Å². The van der Waals surface area contributed by atoms with E-state index in [-0.39, 0.29) is 29.7 Å². The van der Waals surface area contributed by atoms with Crippen LogP contribution in [0.25, 0.3) is 0 Å². The summed E-state index contributed by atoms with van der Waals surface area (Å²) in [6.45, 7) is 7.87. The lowest BCUT2D eigenvalue weighted by Gasteiger charge is -2.25. The van der Waals surface area contributed by atoms with Gasteiger partial charge in [-0.25, -0.2) is 0 Å². The average Bonchev–Trinajstić information content (AvgIpc) is 2.80. The molecule has 0 aromatic carbocycles. The van der Waals surface area contributed by atoms with E-state index >= 15 is 0 Å². The van der Waals surface area contributed by atoms with Gasteiger partial charge in [-0.2, -0.15) is 0 Å². The van der Waals surface area contributed by atoms with Gasteiger partial charge in [0.1, 0.15) is 0 Å². The fraction of sp³-hybridized carbons (Fsp3) is 0.867. The number of nitrogens with zero attached hydrogens (tertiary/aromatic N) is 2. The molecule has 20 heavy (non-hydrogen) atoms. The zero-order valence-corrected chi connectivity index (χ0v) is 12.1. The van der Waals surface area contributed by atoms with Crippen molar-refractivity contribution in [3.63, 3.8) is 0 Å². The van der Waals surface area contributed by atoms with E-state index in [0.717, 1.165) is 26.3 Å². The summed E-state index contributed by atoms with van der Waals surface area (Å²) in [5.74, 6) is 2.05. The quantitative estimate of drug-likeness (QED) is 0.725. The van der Waals surface area contributed by atoms with E-state index in [1.54, 1.807) is 0 Å². The Morgan fingerprint density at radius 1 is 1.20 bits per heavy atom. The lowest BCUT2D eigenvalue weighted by Crippen LogP contribution is -2.39. The van der Waals surface area contributed by atoms with Crippen molar-refractivity contribution in [2.45, 2.75) is 19.9 Å². The van der Waals surface area contributed by atoms with Gasteiger partial charge in [0.15, 0.2) is 0 Å². The molecule has 3 heterocycles. The topological polar surface area (TPSA) is 49.9 Å². The van der Waals surface area contributed by atoms with Crippen LogP contribution in [0.2, 0.25) is 0 Å². The maximum absolute atomic E-state index is 12.5. The molecule has 1 saturated carbocycles. The first-order valence-corrected chi connectivity index (χ1v) is 7.75. The van der Waals surface area contributed by atoms with E-state index in [1.165, 1.54) is 0 Å². The Kier molecular flexibility index (Phi) is 2.65. The molecule has 0 radical (unpaired) electrons. The molecule has 4 rings (SSSR count). The molecule has 3 aliphatic heterocycles. The average molecular weight is 278 g/mol. The second kappa shape index (κ2) is 4.20. The van der Waals surface area contributed by atoms with Gasteiger partial charge in [0, 0.05) is 37.5 Å². The van der Waals surface area contributed by atoms with Crippen LogP contribution in [0.5, 0.6) is 0 Å². The highest BCUT2D eigenvalue weighted by molar-refractivity contribution is 5.87. The standard InChI is InChI=1S/C15H22N2O3/c1-8(2)17-4-9-3-16(5-10(9)14(17)18)15(19)13-11-6-20-7-12(11)13/h8-13H,3-7H2,1-2H3/t9-,10-,11-,12+,13?/m0/s1. The van der Waals surface area contributed by atoms with Gasteiger partial charge in [0.25, 0.3) is 0 Å². The van der Waals surface area contributed by atoms with Gasteiger partial charge in [0.05, 0.1) is 19.1 Å². The Balaban J connectivity index is 1.41. The molecule has 110 valence electrons. The predicted octanol–water partition coefficient (Wildman–Crippen LogP) is 0.204. The first kappa shape index (κ1) is 12.6. The maximum Gasteiger partial charge on any atom is 0.228 e. The van der Waals surface area contributed by atoms with E-state index in [2.05, 4.69) is 13.8 Å². The first-order chi connectivity index (χ1) is 9.58. The van der Waals surface area contributed by atoms with Crippen LogP contribution in [-0.2, 0) is 14.3 Å². The number of hydrogen-bond acceptors (Lipinski definition) is 3. The monoisotopic (exact) mass is 278 g/mol. The fourth-order valence-electron chi connectivity index (χ4n) is 4.35. The summed E-state index contributed by atoms with van der Waals surface area (Å²) in [4.78, 5) is 28.8. The summed E-state index contributed by atoms with van der Waals surface area (Å²) >= 11 is 0. The number of carbonyl (C=O) groups is 2. The van der Waals surface area contributed by atoms with Crippen LogP contribution in [0.4, 0.5) is 0 Å². The molecular formula is C15H22N2O3. The summed E-state index contributed by atoms with van der Waals surface area (Å²) in [5.41, 5.74) is 0. The first-order valence-electron chi connectivity index (χ1n) is 7.75. The lowest BCUT2D eigenvalue weighted by atomic mass is 10.0. The highest BCUT2D eigenvalue weighted by atomic mass is 16.5. The molecule has 4 aliphatic rings. The molecule has 0 bridgehead atoms. The fourth-order valence-corrected chi connectivity index (χ4v) is 4.35. The van der Waals surface area contributed by atoms with Gasteiger partial charge in [-0.3, -0.25) is 9.59 Å². The highest BCUT2D eigenvalue weighted by Gasteiger charge is 2.60. The molecule has 2 amide bonds. The third-order valence-electron chi connectivity index (χ3n) is 5.64. The van der Waals surface area contributed by atoms with Crippen molar-refractivity contribution >= 4 is 11.8 Å². The number of ether oxygens (including phenoxy) is 1. The van der Waals surface area contributed by atoms with Gasteiger partial charge >= 0.3 is 0 Å². The van der Waals surface area contributed by atoms with Crippen molar-refractivity contribution in [2.24, 2.45) is 29.6 Å². The van der Waals surface area contributed by atoms with Gasteiger partial charge < -0.3 is 14.5 Å². The third kappa shape index (κ3) is 1.65. The van der Waals surface area contributed by atoms with Crippen LogP contribution in [0.3, 0.4) is 0 Å². The summed E-state index contributed by atoms with van der Waals surface area (Å²) in [7, 11) is 0. The minimum Gasteiger partial charge on any atom is -0.381 e. The van der Waals surface area contributed by atoms with Crippen LogP contribution < -0.4 is 0 Å². The zero-order chi connectivity index (χ0) is 14.0. The predicted molar refractivity (Wildman–Crippen MR) is 71.7 cm³/mol. The van der Waals surface area contributed by atoms with E-state index in [4.69, 9.17) is 4.74 Å². The molecule has 5 nitrogen and oxygen atoms in total. The summed E-state index contributed by atoms with van der Waals surface area (Å²) in [5, 5.41) is 0. The molecule has 1 unspecified atom stereocenters. The van der Waals surface area contributed by atoms with Crippen molar-refractivity contribution in [1.29, 1.82) is 0 Å². The van der Waals surface area contributed by atoms with E-state index < -0.39 is 0 Å². The number of fused-ring (bicyclic) bond motifs is 2. The van der Waals surface area contributed by atoms with Crippen molar-refractivity contribution in [1.82, 2.24) is 9.80 Å². The van der Waals surface area contributed by atoms with Gasteiger partial charge in [0.2, 0.25) is 11.8 Å². The third-order valence-corrected chi connectivity index (χ3v) is 5.64. The number of hydrogen-bond donors (Lipinski definition) is 0. The lowest BCUT2D eigenvalue weighted by molar-refractivity contribution is -0.135. The molecule has 0 aromatic rings. The maximum atomic E-state index is 12.5. The Labute approximate surface area is 119 Å². The van der Waals surface area contributed by atoms with Gasteiger partial charge in [-0.15, -0.1) is 0 Å². The Bertz CT molecular complexity index is 454. The summed E-state index contributed by atoms with van der Waals surface area (Å²) in [6, 6.07) is 0.275. The largest absolute Gasteiger partial charge is 0.381 e. The molecule has 1 aliphatic carbocycles. The molecule has 4 fully saturated rings. The minimum atomic E-state index is 0.0520.